The maximum absolute atomic E-state index is 5.85. The van der Waals surface area contributed by atoms with Gasteiger partial charge in [0, 0.05) is 0 Å². The normalized spacial score (nSPS) is 10.8. The minimum atomic E-state index is 0.505. The smallest absolute Gasteiger partial charge is 0.161 e. The van der Waals surface area contributed by atoms with E-state index in [1.165, 1.54) is 5.56 Å². The third-order valence-electron chi connectivity index (χ3n) is 3.01. The Morgan fingerprint density at radius 3 is 2.48 bits per heavy atom. The maximum Gasteiger partial charge on any atom is 0.161 e. The predicted octanol–water partition coefficient (Wildman–Crippen LogP) is 3.27. The van der Waals surface area contributed by atoms with Gasteiger partial charge in [0.05, 0.1) is 12.8 Å². The Morgan fingerprint density at radius 1 is 1.05 bits per heavy atom. The minimum Gasteiger partial charge on any atom is -0.490 e. The molecule has 0 spiro atoms. The summed E-state index contributed by atoms with van der Waals surface area (Å²) in [6.45, 7) is 5.08. The van der Waals surface area contributed by atoms with Crippen LogP contribution >= 0.6 is 0 Å². The fraction of sp³-hybridized carbons (Fsp3) is 0.235. The molecule has 4 heteroatoms. The number of ether oxygens (including phenoxy) is 2. The Morgan fingerprint density at radius 2 is 1.81 bits per heavy atom. The summed E-state index contributed by atoms with van der Waals surface area (Å²) in [7, 11) is 0. The molecule has 0 atom stereocenters. The van der Waals surface area contributed by atoms with Crippen LogP contribution in [-0.2, 0) is 6.61 Å². The monoisotopic (exact) mass is 284 g/mol. The first kappa shape index (κ1) is 14.9. The average Bonchev–Trinajstić information content (AvgIpc) is 2.49. The first-order valence-corrected chi connectivity index (χ1v) is 6.91. The summed E-state index contributed by atoms with van der Waals surface area (Å²) in [5, 5.41) is 3.52. The van der Waals surface area contributed by atoms with Crippen LogP contribution in [0.4, 0.5) is 0 Å². The van der Waals surface area contributed by atoms with Gasteiger partial charge in [-0.1, -0.05) is 29.8 Å². The Kier molecular flexibility index (Phi) is 5.21. The number of hydrazone groups is 1. The highest BCUT2D eigenvalue weighted by atomic mass is 16.5. The zero-order valence-corrected chi connectivity index (χ0v) is 12.4. The predicted molar refractivity (Wildman–Crippen MR) is 84.9 cm³/mol. The molecule has 4 nitrogen and oxygen atoms in total. The van der Waals surface area contributed by atoms with Crippen molar-refractivity contribution in [3.63, 3.8) is 0 Å². The van der Waals surface area contributed by atoms with Crippen LogP contribution < -0.4 is 15.3 Å². The number of nitrogens with two attached hydrogens (primary N) is 1. The summed E-state index contributed by atoms with van der Waals surface area (Å²) in [6, 6.07) is 13.9. The largest absolute Gasteiger partial charge is 0.490 e. The molecule has 0 unspecified atom stereocenters. The Bertz CT molecular complexity index is 607. The molecule has 0 aliphatic heterocycles. The highest BCUT2D eigenvalue weighted by Crippen LogP contribution is 2.28. The van der Waals surface area contributed by atoms with E-state index in [9.17, 15) is 0 Å². The molecular formula is C17H20N2O2. The molecule has 2 rings (SSSR count). The molecular weight excluding hydrogens is 264 g/mol. The molecule has 0 amide bonds. The van der Waals surface area contributed by atoms with E-state index in [-0.39, 0.29) is 0 Å². The van der Waals surface area contributed by atoms with E-state index in [1.807, 2.05) is 25.1 Å². The second-order valence-electron chi connectivity index (χ2n) is 4.69. The molecule has 110 valence electrons. The van der Waals surface area contributed by atoms with Gasteiger partial charge >= 0.3 is 0 Å². The lowest BCUT2D eigenvalue weighted by atomic mass is 10.2. The van der Waals surface area contributed by atoms with Gasteiger partial charge in [-0.25, -0.2) is 0 Å². The molecule has 0 bridgehead atoms. The molecule has 0 radical (unpaired) electrons. The van der Waals surface area contributed by atoms with Crippen LogP contribution in [0.1, 0.15) is 23.6 Å². The van der Waals surface area contributed by atoms with Crippen molar-refractivity contribution in [3.05, 3.63) is 59.2 Å². The van der Waals surface area contributed by atoms with Crippen LogP contribution in [0.3, 0.4) is 0 Å². The molecule has 0 aliphatic carbocycles. The zero-order chi connectivity index (χ0) is 15.1. The minimum absolute atomic E-state index is 0.505. The van der Waals surface area contributed by atoms with Gasteiger partial charge in [0.25, 0.3) is 0 Å². The molecule has 2 aromatic rings. The van der Waals surface area contributed by atoms with Gasteiger partial charge in [0.15, 0.2) is 11.5 Å². The summed E-state index contributed by atoms with van der Waals surface area (Å²) in [5.41, 5.74) is 3.23. The topological polar surface area (TPSA) is 56.8 Å². The first-order valence-electron chi connectivity index (χ1n) is 6.91. The third-order valence-corrected chi connectivity index (χ3v) is 3.01. The summed E-state index contributed by atoms with van der Waals surface area (Å²) in [4.78, 5) is 0. The van der Waals surface area contributed by atoms with Crippen LogP contribution in [0.2, 0.25) is 0 Å². The Balaban J connectivity index is 2.12. The average molecular weight is 284 g/mol. The van der Waals surface area contributed by atoms with E-state index < -0.39 is 0 Å². The lowest BCUT2D eigenvalue weighted by Crippen LogP contribution is -2.00. The molecule has 0 aliphatic rings. The van der Waals surface area contributed by atoms with E-state index in [4.69, 9.17) is 15.3 Å². The van der Waals surface area contributed by atoms with E-state index in [2.05, 4.69) is 36.3 Å². The second kappa shape index (κ2) is 7.33. The van der Waals surface area contributed by atoms with Gasteiger partial charge in [-0.05, 0) is 43.2 Å². The van der Waals surface area contributed by atoms with Gasteiger partial charge < -0.3 is 15.3 Å². The van der Waals surface area contributed by atoms with Crippen molar-refractivity contribution in [2.75, 3.05) is 6.61 Å². The molecule has 21 heavy (non-hydrogen) atoms. The number of hydrogen-bond acceptors (Lipinski definition) is 4. The molecule has 0 saturated carbocycles. The van der Waals surface area contributed by atoms with Crippen LogP contribution in [-0.4, -0.2) is 12.8 Å². The highest BCUT2D eigenvalue weighted by molar-refractivity contribution is 5.80. The fourth-order valence-electron chi connectivity index (χ4n) is 1.92. The standard InChI is InChI=1S/C17H20N2O2/c1-3-20-17-10-15(11-19-18)8-9-16(17)21-12-14-6-4-13(2)5-7-14/h4-11H,3,12,18H2,1-2H3. The van der Waals surface area contributed by atoms with E-state index in [0.29, 0.717) is 24.7 Å². The van der Waals surface area contributed by atoms with Gasteiger partial charge in [0.1, 0.15) is 6.61 Å². The summed E-state index contributed by atoms with van der Waals surface area (Å²) in [6.07, 6.45) is 1.58. The summed E-state index contributed by atoms with van der Waals surface area (Å²) < 4.78 is 11.5. The molecule has 2 aromatic carbocycles. The van der Waals surface area contributed by atoms with Crippen molar-refractivity contribution in [2.24, 2.45) is 10.9 Å². The summed E-state index contributed by atoms with van der Waals surface area (Å²) >= 11 is 0. The molecule has 0 fully saturated rings. The SMILES string of the molecule is CCOc1cc(C=NN)ccc1OCc1ccc(C)cc1. The number of rotatable bonds is 6. The van der Waals surface area contributed by atoms with Crippen molar-refractivity contribution >= 4 is 6.21 Å². The number of benzene rings is 2. The van der Waals surface area contributed by atoms with Crippen molar-refractivity contribution in [1.82, 2.24) is 0 Å². The number of aryl methyl sites for hydroxylation is 1. The Labute approximate surface area is 125 Å². The van der Waals surface area contributed by atoms with E-state index >= 15 is 0 Å². The molecule has 0 saturated heterocycles. The third kappa shape index (κ3) is 4.24. The van der Waals surface area contributed by atoms with Crippen LogP contribution in [0.25, 0.3) is 0 Å². The molecule has 0 aromatic heterocycles. The molecule has 2 N–H and O–H groups in total. The van der Waals surface area contributed by atoms with Gasteiger partial charge in [-0.2, -0.15) is 5.10 Å². The zero-order valence-electron chi connectivity index (χ0n) is 12.4. The first-order chi connectivity index (χ1) is 10.2. The van der Waals surface area contributed by atoms with Gasteiger partial charge in [-0.3, -0.25) is 0 Å². The maximum atomic E-state index is 5.85. The number of hydrogen-bond donors (Lipinski definition) is 1. The van der Waals surface area contributed by atoms with Crippen LogP contribution in [0.5, 0.6) is 11.5 Å². The van der Waals surface area contributed by atoms with Crippen molar-refractivity contribution in [1.29, 1.82) is 0 Å². The second-order valence-corrected chi connectivity index (χ2v) is 4.69. The van der Waals surface area contributed by atoms with Crippen molar-refractivity contribution in [2.45, 2.75) is 20.5 Å². The highest BCUT2D eigenvalue weighted by Gasteiger charge is 2.06. The van der Waals surface area contributed by atoms with E-state index in [1.54, 1.807) is 6.21 Å². The van der Waals surface area contributed by atoms with Crippen LogP contribution in [0, 0.1) is 6.92 Å². The molecule has 0 heterocycles. The summed E-state index contributed by atoms with van der Waals surface area (Å²) in [5.74, 6) is 6.58. The van der Waals surface area contributed by atoms with Crippen LogP contribution in [0.15, 0.2) is 47.6 Å². The van der Waals surface area contributed by atoms with Gasteiger partial charge in [0.2, 0.25) is 0 Å². The fourth-order valence-corrected chi connectivity index (χ4v) is 1.92. The van der Waals surface area contributed by atoms with Gasteiger partial charge in [-0.15, -0.1) is 0 Å². The lowest BCUT2D eigenvalue weighted by molar-refractivity contribution is 0.269. The van der Waals surface area contributed by atoms with Crippen molar-refractivity contribution in [3.8, 4) is 11.5 Å². The quantitative estimate of drug-likeness (QED) is 0.503. The number of nitrogens with zero attached hydrogens (tertiary/aromatic N) is 1. The van der Waals surface area contributed by atoms with E-state index in [0.717, 1.165) is 11.1 Å². The lowest BCUT2D eigenvalue weighted by Gasteiger charge is -2.12. The van der Waals surface area contributed by atoms with Crippen molar-refractivity contribution < 1.29 is 9.47 Å². The Hall–Kier alpha value is -2.49.